The van der Waals surface area contributed by atoms with E-state index in [0.29, 0.717) is 13.1 Å². The number of nitrogens with zero attached hydrogens (tertiary/aromatic N) is 2. The highest BCUT2D eigenvalue weighted by molar-refractivity contribution is 5.94. The maximum Gasteiger partial charge on any atom is 0.253 e. The number of carbonyl (C=O) groups excluding carboxylic acids is 1. The molecule has 0 saturated carbocycles. The molecule has 1 heterocycles. The van der Waals surface area contributed by atoms with Crippen molar-refractivity contribution in [2.24, 2.45) is 5.41 Å². The molecule has 2 rings (SSSR count). The van der Waals surface area contributed by atoms with Crippen molar-refractivity contribution in [1.29, 1.82) is 5.26 Å². The summed E-state index contributed by atoms with van der Waals surface area (Å²) in [5, 5.41) is 9.04. The van der Waals surface area contributed by atoms with Crippen LogP contribution in [-0.2, 0) is 0 Å². The van der Waals surface area contributed by atoms with Gasteiger partial charge in [-0.25, -0.2) is 0 Å². The van der Waals surface area contributed by atoms with Crippen LogP contribution in [0.5, 0.6) is 0 Å². The first kappa shape index (κ1) is 11.7. The number of hydrogen-bond acceptors (Lipinski definition) is 2. The molecule has 0 N–H and O–H groups in total. The third kappa shape index (κ3) is 2.47. The van der Waals surface area contributed by atoms with Crippen molar-refractivity contribution in [3.8, 4) is 6.07 Å². The van der Waals surface area contributed by atoms with Gasteiger partial charge in [0.1, 0.15) is 0 Å². The zero-order chi connectivity index (χ0) is 12.3. The summed E-state index contributed by atoms with van der Waals surface area (Å²) < 4.78 is 0. The summed E-state index contributed by atoms with van der Waals surface area (Å²) in [5.74, 6) is 0.0746. The molecule has 0 spiro atoms. The molecule has 0 bridgehead atoms. The van der Waals surface area contributed by atoms with Gasteiger partial charge in [0.2, 0.25) is 0 Å². The molecule has 88 valence electrons. The Hall–Kier alpha value is -1.82. The molecular weight excluding hydrogens is 212 g/mol. The molecule has 3 heteroatoms. The summed E-state index contributed by atoms with van der Waals surface area (Å²) in [7, 11) is 0. The normalized spacial score (nSPS) is 18.5. The highest BCUT2D eigenvalue weighted by Crippen LogP contribution is 2.30. The average molecular weight is 228 g/mol. The van der Waals surface area contributed by atoms with Gasteiger partial charge in [-0.2, -0.15) is 5.26 Å². The number of amides is 1. The molecule has 1 fully saturated rings. The quantitative estimate of drug-likeness (QED) is 0.741. The molecule has 17 heavy (non-hydrogen) atoms. The Morgan fingerprint density at radius 3 is 2.41 bits per heavy atom. The van der Waals surface area contributed by atoms with Crippen LogP contribution < -0.4 is 0 Å². The summed E-state index contributed by atoms with van der Waals surface area (Å²) in [5.41, 5.74) is 0.473. The van der Waals surface area contributed by atoms with Gasteiger partial charge in [0.25, 0.3) is 5.91 Å². The standard InChI is InChI=1S/C14H16N2O/c1-14(11-15)7-9-16(10-8-14)13(17)12-5-3-2-4-6-12/h2-6H,7-10H2,1H3. The Kier molecular flexibility index (Phi) is 3.14. The van der Waals surface area contributed by atoms with Crippen LogP contribution in [0, 0.1) is 16.7 Å². The van der Waals surface area contributed by atoms with Gasteiger partial charge in [-0.1, -0.05) is 18.2 Å². The van der Waals surface area contributed by atoms with Gasteiger partial charge in [-0.05, 0) is 31.9 Å². The van der Waals surface area contributed by atoms with Gasteiger partial charge in [-0.3, -0.25) is 4.79 Å². The topological polar surface area (TPSA) is 44.1 Å². The van der Waals surface area contributed by atoms with Crippen LogP contribution in [0.4, 0.5) is 0 Å². The van der Waals surface area contributed by atoms with E-state index < -0.39 is 0 Å². The molecular formula is C14H16N2O. The van der Waals surface area contributed by atoms with E-state index in [-0.39, 0.29) is 11.3 Å². The van der Waals surface area contributed by atoms with Crippen LogP contribution in [0.15, 0.2) is 30.3 Å². The van der Waals surface area contributed by atoms with E-state index in [9.17, 15) is 4.79 Å². The van der Waals surface area contributed by atoms with E-state index in [1.54, 1.807) is 0 Å². The second-order valence-electron chi connectivity index (χ2n) is 4.83. The Morgan fingerprint density at radius 2 is 1.88 bits per heavy atom. The van der Waals surface area contributed by atoms with Gasteiger partial charge in [0.15, 0.2) is 0 Å². The fourth-order valence-electron chi connectivity index (χ4n) is 2.08. The van der Waals surface area contributed by atoms with E-state index in [4.69, 9.17) is 5.26 Å². The maximum atomic E-state index is 12.1. The first-order chi connectivity index (χ1) is 8.14. The molecule has 1 aromatic rings. The number of benzene rings is 1. The summed E-state index contributed by atoms with van der Waals surface area (Å²) in [4.78, 5) is 14.0. The fourth-order valence-corrected chi connectivity index (χ4v) is 2.08. The Balaban J connectivity index is 2.03. The smallest absolute Gasteiger partial charge is 0.253 e. The number of nitriles is 1. The molecule has 0 atom stereocenters. The zero-order valence-electron chi connectivity index (χ0n) is 10.0. The zero-order valence-corrected chi connectivity index (χ0v) is 10.0. The van der Waals surface area contributed by atoms with Gasteiger partial charge < -0.3 is 4.90 Å². The molecule has 1 aliphatic heterocycles. The molecule has 1 saturated heterocycles. The highest BCUT2D eigenvalue weighted by Gasteiger charge is 2.31. The van der Waals surface area contributed by atoms with Gasteiger partial charge in [0, 0.05) is 18.7 Å². The van der Waals surface area contributed by atoms with Crippen LogP contribution in [-0.4, -0.2) is 23.9 Å². The predicted molar refractivity (Wildman–Crippen MR) is 65.3 cm³/mol. The summed E-state index contributed by atoms with van der Waals surface area (Å²) in [6, 6.07) is 11.7. The summed E-state index contributed by atoms with van der Waals surface area (Å²) in [6.07, 6.45) is 1.53. The Bertz CT molecular complexity index is 439. The predicted octanol–water partition coefficient (Wildman–Crippen LogP) is 2.45. The second-order valence-corrected chi connectivity index (χ2v) is 4.83. The Labute approximate surface area is 102 Å². The van der Waals surface area contributed by atoms with Gasteiger partial charge in [0.05, 0.1) is 11.5 Å². The van der Waals surface area contributed by atoms with E-state index in [0.717, 1.165) is 18.4 Å². The second kappa shape index (κ2) is 4.58. The van der Waals surface area contributed by atoms with E-state index in [2.05, 4.69) is 6.07 Å². The number of likely N-dealkylation sites (tertiary alicyclic amines) is 1. The highest BCUT2D eigenvalue weighted by atomic mass is 16.2. The lowest BCUT2D eigenvalue weighted by Gasteiger charge is -2.34. The minimum Gasteiger partial charge on any atom is -0.339 e. The molecule has 1 aromatic carbocycles. The van der Waals surface area contributed by atoms with Crippen LogP contribution in [0.3, 0.4) is 0 Å². The fraction of sp³-hybridized carbons (Fsp3) is 0.429. The molecule has 1 aliphatic rings. The van der Waals surface area contributed by atoms with Crippen molar-refractivity contribution in [3.05, 3.63) is 35.9 Å². The Morgan fingerprint density at radius 1 is 1.29 bits per heavy atom. The monoisotopic (exact) mass is 228 g/mol. The van der Waals surface area contributed by atoms with Crippen LogP contribution in [0.2, 0.25) is 0 Å². The van der Waals surface area contributed by atoms with E-state index in [1.165, 1.54) is 0 Å². The lowest BCUT2D eigenvalue weighted by molar-refractivity contribution is 0.0661. The molecule has 0 unspecified atom stereocenters. The van der Waals surface area contributed by atoms with Crippen molar-refractivity contribution in [3.63, 3.8) is 0 Å². The van der Waals surface area contributed by atoms with Crippen molar-refractivity contribution < 1.29 is 4.79 Å². The first-order valence-corrected chi connectivity index (χ1v) is 5.90. The summed E-state index contributed by atoms with van der Waals surface area (Å²) >= 11 is 0. The van der Waals surface area contributed by atoms with Gasteiger partial charge >= 0.3 is 0 Å². The van der Waals surface area contributed by atoms with Crippen molar-refractivity contribution in [2.75, 3.05) is 13.1 Å². The molecule has 0 aromatic heterocycles. The molecule has 0 aliphatic carbocycles. The molecule has 3 nitrogen and oxygen atoms in total. The minimum absolute atomic E-state index is 0.0746. The van der Waals surface area contributed by atoms with Crippen LogP contribution in [0.1, 0.15) is 30.1 Å². The van der Waals surface area contributed by atoms with Crippen LogP contribution in [0.25, 0.3) is 0 Å². The third-order valence-electron chi connectivity index (χ3n) is 3.44. The van der Waals surface area contributed by atoms with Gasteiger partial charge in [-0.15, -0.1) is 0 Å². The van der Waals surface area contributed by atoms with E-state index in [1.807, 2.05) is 42.2 Å². The number of piperidine rings is 1. The van der Waals surface area contributed by atoms with Crippen molar-refractivity contribution >= 4 is 5.91 Å². The van der Waals surface area contributed by atoms with Crippen molar-refractivity contribution in [2.45, 2.75) is 19.8 Å². The minimum atomic E-state index is -0.256. The molecule has 1 amide bonds. The number of carbonyl (C=O) groups is 1. The maximum absolute atomic E-state index is 12.1. The largest absolute Gasteiger partial charge is 0.339 e. The lowest BCUT2D eigenvalue weighted by Crippen LogP contribution is -2.41. The van der Waals surface area contributed by atoms with Crippen LogP contribution >= 0.6 is 0 Å². The first-order valence-electron chi connectivity index (χ1n) is 5.90. The number of hydrogen-bond donors (Lipinski definition) is 0. The molecule has 0 radical (unpaired) electrons. The number of rotatable bonds is 1. The third-order valence-corrected chi connectivity index (χ3v) is 3.44. The average Bonchev–Trinajstić information content (AvgIpc) is 2.40. The lowest BCUT2D eigenvalue weighted by atomic mass is 9.82. The summed E-state index contributed by atoms with van der Waals surface area (Å²) in [6.45, 7) is 3.33. The SMILES string of the molecule is CC1(C#N)CCN(C(=O)c2ccccc2)CC1. The van der Waals surface area contributed by atoms with E-state index >= 15 is 0 Å². The van der Waals surface area contributed by atoms with Crippen molar-refractivity contribution in [1.82, 2.24) is 4.90 Å².